The molecule has 2 rings (SSSR count). The van der Waals surface area contributed by atoms with Crippen LogP contribution in [0.2, 0.25) is 0 Å². The summed E-state index contributed by atoms with van der Waals surface area (Å²) >= 11 is 0. The van der Waals surface area contributed by atoms with Gasteiger partial charge in [0, 0.05) is 25.1 Å². The summed E-state index contributed by atoms with van der Waals surface area (Å²) in [4.78, 5) is 8.12. The normalized spacial score (nSPS) is 9.44. The summed E-state index contributed by atoms with van der Waals surface area (Å²) in [6.45, 7) is 0.611. The molecule has 0 spiro atoms. The molecule has 0 aromatic carbocycles. The van der Waals surface area contributed by atoms with E-state index in [0.29, 0.717) is 17.9 Å². The number of nitrogens with one attached hydrogen (secondary N) is 1. The molecule has 0 aliphatic rings. The zero-order valence-electron chi connectivity index (χ0n) is 8.59. The van der Waals surface area contributed by atoms with E-state index >= 15 is 0 Å². The van der Waals surface area contributed by atoms with Crippen LogP contribution < -0.4 is 5.32 Å². The highest BCUT2D eigenvalue weighted by atomic mass is 15.0. The van der Waals surface area contributed by atoms with Crippen LogP contribution in [0.1, 0.15) is 11.1 Å². The predicted octanol–water partition coefficient (Wildman–Crippen LogP) is 1.96. The Morgan fingerprint density at radius 3 is 2.88 bits per heavy atom. The summed E-state index contributed by atoms with van der Waals surface area (Å²) < 4.78 is 0. The molecule has 78 valence electrons. The molecule has 2 heterocycles. The number of aromatic nitrogens is 2. The van der Waals surface area contributed by atoms with Gasteiger partial charge in [0.2, 0.25) is 0 Å². The third kappa shape index (κ3) is 2.34. The van der Waals surface area contributed by atoms with Crippen molar-refractivity contribution in [2.75, 3.05) is 5.32 Å². The van der Waals surface area contributed by atoms with E-state index in [1.807, 2.05) is 12.1 Å². The van der Waals surface area contributed by atoms with E-state index in [1.165, 1.54) is 0 Å². The van der Waals surface area contributed by atoms with Crippen molar-refractivity contribution in [3.63, 3.8) is 0 Å². The van der Waals surface area contributed by atoms with Gasteiger partial charge in [0.1, 0.15) is 11.9 Å². The highest BCUT2D eigenvalue weighted by Gasteiger charge is 2.01. The van der Waals surface area contributed by atoms with Crippen molar-refractivity contribution in [3.05, 3.63) is 54.0 Å². The maximum atomic E-state index is 8.87. The predicted molar refractivity (Wildman–Crippen MR) is 60.5 cm³/mol. The fourth-order valence-electron chi connectivity index (χ4n) is 1.32. The van der Waals surface area contributed by atoms with Gasteiger partial charge in [0.05, 0.1) is 5.56 Å². The second kappa shape index (κ2) is 4.89. The molecule has 0 saturated heterocycles. The number of anilines is 1. The van der Waals surface area contributed by atoms with E-state index in [4.69, 9.17) is 5.26 Å². The standard InChI is InChI=1S/C12H10N4/c13-7-11-4-2-6-15-12(11)16-9-10-3-1-5-14-8-10/h1-6,8H,9H2,(H,15,16). The molecule has 0 saturated carbocycles. The average Bonchev–Trinajstić information content (AvgIpc) is 2.38. The fraction of sp³-hybridized carbons (Fsp3) is 0.0833. The van der Waals surface area contributed by atoms with Crippen molar-refractivity contribution in [3.8, 4) is 6.07 Å². The minimum absolute atomic E-state index is 0.548. The Morgan fingerprint density at radius 2 is 2.12 bits per heavy atom. The third-order valence-corrected chi connectivity index (χ3v) is 2.11. The first-order valence-electron chi connectivity index (χ1n) is 4.88. The van der Waals surface area contributed by atoms with Crippen LogP contribution in [0.25, 0.3) is 0 Å². The zero-order chi connectivity index (χ0) is 11.2. The lowest BCUT2D eigenvalue weighted by Gasteiger charge is -2.06. The highest BCUT2D eigenvalue weighted by Crippen LogP contribution is 2.10. The molecular formula is C12H10N4. The molecule has 0 bridgehead atoms. The van der Waals surface area contributed by atoms with Gasteiger partial charge in [-0.1, -0.05) is 6.07 Å². The van der Waals surface area contributed by atoms with Crippen molar-refractivity contribution in [1.29, 1.82) is 5.26 Å². The molecule has 0 unspecified atom stereocenters. The van der Waals surface area contributed by atoms with Gasteiger partial charge in [-0.05, 0) is 23.8 Å². The molecule has 0 amide bonds. The highest BCUT2D eigenvalue weighted by molar-refractivity contribution is 5.51. The Hall–Kier alpha value is -2.41. The Morgan fingerprint density at radius 1 is 1.25 bits per heavy atom. The summed E-state index contributed by atoms with van der Waals surface area (Å²) in [7, 11) is 0. The minimum atomic E-state index is 0.548. The smallest absolute Gasteiger partial charge is 0.144 e. The van der Waals surface area contributed by atoms with E-state index in [2.05, 4.69) is 21.4 Å². The van der Waals surface area contributed by atoms with E-state index in [0.717, 1.165) is 5.56 Å². The summed E-state index contributed by atoms with van der Waals surface area (Å²) in [5.74, 6) is 0.605. The van der Waals surface area contributed by atoms with Crippen molar-refractivity contribution in [2.45, 2.75) is 6.54 Å². The monoisotopic (exact) mass is 210 g/mol. The second-order valence-corrected chi connectivity index (χ2v) is 3.23. The number of hydrogen-bond donors (Lipinski definition) is 1. The number of pyridine rings is 2. The van der Waals surface area contributed by atoms with Crippen molar-refractivity contribution >= 4 is 5.82 Å². The van der Waals surface area contributed by atoms with Crippen LogP contribution in [0.4, 0.5) is 5.82 Å². The summed E-state index contributed by atoms with van der Waals surface area (Å²) in [5.41, 5.74) is 1.60. The van der Waals surface area contributed by atoms with Crippen LogP contribution >= 0.6 is 0 Å². The van der Waals surface area contributed by atoms with Gasteiger partial charge in [-0.15, -0.1) is 0 Å². The number of nitriles is 1. The van der Waals surface area contributed by atoms with Crippen molar-refractivity contribution in [1.82, 2.24) is 9.97 Å². The third-order valence-electron chi connectivity index (χ3n) is 2.11. The maximum absolute atomic E-state index is 8.87. The molecule has 1 N–H and O–H groups in total. The van der Waals surface area contributed by atoms with Crippen LogP contribution in [0.5, 0.6) is 0 Å². The van der Waals surface area contributed by atoms with Crippen LogP contribution in [0.15, 0.2) is 42.9 Å². The van der Waals surface area contributed by atoms with Gasteiger partial charge in [0.15, 0.2) is 0 Å². The first-order chi connectivity index (χ1) is 7.90. The first kappa shape index (κ1) is 10.1. The molecule has 0 aliphatic carbocycles. The Kier molecular flexibility index (Phi) is 3.10. The lowest BCUT2D eigenvalue weighted by molar-refractivity contribution is 1.08. The van der Waals surface area contributed by atoms with Crippen molar-refractivity contribution < 1.29 is 0 Å². The molecule has 4 heteroatoms. The number of nitrogens with zero attached hydrogens (tertiary/aromatic N) is 3. The summed E-state index contributed by atoms with van der Waals surface area (Å²) in [6.07, 6.45) is 5.17. The molecular weight excluding hydrogens is 200 g/mol. The first-order valence-corrected chi connectivity index (χ1v) is 4.88. The minimum Gasteiger partial charge on any atom is -0.365 e. The van der Waals surface area contributed by atoms with Crippen molar-refractivity contribution in [2.24, 2.45) is 0 Å². The molecule has 0 aliphatic heterocycles. The number of hydrogen-bond acceptors (Lipinski definition) is 4. The van der Waals surface area contributed by atoms with Gasteiger partial charge in [-0.25, -0.2) is 4.98 Å². The summed E-state index contributed by atoms with van der Waals surface area (Å²) in [5, 5.41) is 12.0. The fourth-order valence-corrected chi connectivity index (χ4v) is 1.32. The summed E-state index contributed by atoms with van der Waals surface area (Å²) in [6, 6.07) is 9.41. The quantitative estimate of drug-likeness (QED) is 0.841. The molecule has 2 aromatic rings. The molecule has 0 radical (unpaired) electrons. The van der Waals surface area contributed by atoms with Crippen LogP contribution in [-0.4, -0.2) is 9.97 Å². The van der Waals surface area contributed by atoms with Gasteiger partial charge < -0.3 is 5.32 Å². The van der Waals surface area contributed by atoms with Gasteiger partial charge in [0.25, 0.3) is 0 Å². The molecule has 2 aromatic heterocycles. The zero-order valence-corrected chi connectivity index (χ0v) is 8.59. The lowest BCUT2D eigenvalue weighted by atomic mass is 10.2. The number of rotatable bonds is 3. The molecule has 0 fully saturated rings. The van der Waals surface area contributed by atoms with E-state index < -0.39 is 0 Å². The topological polar surface area (TPSA) is 61.6 Å². The van der Waals surface area contributed by atoms with E-state index in [1.54, 1.807) is 30.7 Å². The van der Waals surface area contributed by atoms with E-state index in [-0.39, 0.29) is 0 Å². The van der Waals surface area contributed by atoms with Gasteiger partial charge in [-0.3, -0.25) is 4.98 Å². The van der Waals surface area contributed by atoms with Gasteiger partial charge in [-0.2, -0.15) is 5.26 Å². The Bertz CT molecular complexity index is 502. The van der Waals surface area contributed by atoms with Gasteiger partial charge >= 0.3 is 0 Å². The van der Waals surface area contributed by atoms with Crippen LogP contribution in [0.3, 0.4) is 0 Å². The molecule has 4 nitrogen and oxygen atoms in total. The Balaban J connectivity index is 2.09. The second-order valence-electron chi connectivity index (χ2n) is 3.23. The van der Waals surface area contributed by atoms with E-state index in [9.17, 15) is 0 Å². The molecule has 16 heavy (non-hydrogen) atoms. The van der Waals surface area contributed by atoms with Crippen LogP contribution in [-0.2, 0) is 6.54 Å². The van der Waals surface area contributed by atoms with Crippen LogP contribution in [0, 0.1) is 11.3 Å². The molecule has 0 atom stereocenters. The average molecular weight is 210 g/mol. The lowest BCUT2D eigenvalue weighted by Crippen LogP contribution is -2.03. The largest absolute Gasteiger partial charge is 0.365 e. The Labute approximate surface area is 93.6 Å². The SMILES string of the molecule is N#Cc1cccnc1NCc1cccnc1. The maximum Gasteiger partial charge on any atom is 0.144 e.